The number of aliphatic hydroxyl groups is 1. The predicted molar refractivity (Wildman–Crippen MR) is 67.4 cm³/mol. The lowest BCUT2D eigenvalue weighted by Crippen LogP contribution is -2.03. The van der Waals surface area contributed by atoms with Crippen molar-refractivity contribution in [3.63, 3.8) is 0 Å². The van der Waals surface area contributed by atoms with E-state index in [1.54, 1.807) is 6.07 Å². The van der Waals surface area contributed by atoms with Gasteiger partial charge in [-0.25, -0.2) is 8.78 Å². The summed E-state index contributed by atoms with van der Waals surface area (Å²) in [5, 5.41) is 9.94. The molecule has 2 aromatic rings. The molecule has 1 unspecified atom stereocenters. The van der Waals surface area contributed by atoms with Gasteiger partial charge in [-0.2, -0.15) is 0 Å². The van der Waals surface area contributed by atoms with Crippen molar-refractivity contribution in [3.05, 3.63) is 55.1 Å². The summed E-state index contributed by atoms with van der Waals surface area (Å²) >= 11 is 10.1. The van der Waals surface area contributed by atoms with E-state index in [1.165, 1.54) is 6.07 Å². The summed E-state index contributed by atoms with van der Waals surface area (Å²) in [5.74, 6) is -1.56. The summed E-state index contributed by atoms with van der Waals surface area (Å²) in [5.41, 5.74) is -0.363. The van der Waals surface area contributed by atoms with E-state index >= 15 is 0 Å². The maximum Gasteiger partial charge on any atom is 0.132 e. The molecule has 6 heteroatoms. The highest BCUT2D eigenvalue weighted by Gasteiger charge is 2.22. The van der Waals surface area contributed by atoms with E-state index < -0.39 is 17.7 Å². The van der Waals surface area contributed by atoms with Crippen molar-refractivity contribution >= 4 is 38.9 Å². The van der Waals surface area contributed by atoms with Crippen molar-refractivity contribution in [3.8, 4) is 0 Å². The van der Waals surface area contributed by atoms with Crippen LogP contribution < -0.4 is 0 Å². The lowest BCUT2D eigenvalue weighted by atomic mass is 10.1. The van der Waals surface area contributed by atoms with Gasteiger partial charge in [0, 0.05) is 9.35 Å². The first kappa shape index (κ1) is 13.0. The monoisotopic (exact) mass is 338 g/mol. The molecule has 2 rings (SSSR count). The van der Waals surface area contributed by atoms with Crippen LogP contribution >= 0.6 is 38.9 Å². The van der Waals surface area contributed by atoms with Crippen molar-refractivity contribution in [1.29, 1.82) is 0 Å². The fraction of sp³-hybridized carbons (Fsp3) is 0.0909. The number of thiophene rings is 1. The molecule has 1 atom stereocenters. The van der Waals surface area contributed by atoms with E-state index in [0.29, 0.717) is 13.7 Å². The third-order valence-electron chi connectivity index (χ3n) is 2.21. The molecule has 0 fully saturated rings. The summed E-state index contributed by atoms with van der Waals surface area (Å²) < 4.78 is 27.9. The fourth-order valence-corrected chi connectivity index (χ4v) is 3.14. The molecule has 1 aromatic carbocycles. The van der Waals surface area contributed by atoms with E-state index in [1.807, 2.05) is 0 Å². The average molecular weight is 340 g/mol. The highest BCUT2D eigenvalue weighted by molar-refractivity contribution is 9.10. The third-order valence-corrected chi connectivity index (χ3v) is 4.73. The molecule has 0 aliphatic heterocycles. The summed E-state index contributed by atoms with van der Waals surface area (Å²) in [7, 11) is 0. The van der Waals surface area contributed by atoms with Crippen molar-refractivity contribution in [2.75, 3.05) is 0 Å². The quantitative estimate of drug-likeness (QED) is 0.852. The van der Waals surface area contributed by atoms with Gasteiger partial charge in [0.2, 0.25) is 0 Å². The first-order valence-electron chi connectivity index (χ1n) is 4.57. The van der Waals surface area contributed by atoms with Crippen LogP contribution in [0.2, 0.25) is 4.34 Å². The smallest absolute Gasteiger partial charge is 0.132 e. The summed E-state index contributed by atoms with van der Waals surface area (Å²) in [4.78, 5) is 0.380. The Bertz CT molecular complexity index is 519. The van der Waals surface area contributed by atoms with Gasteiger partial charge in [-0.1, -0.05) is 17.7 Å². The summed E-state index contributed by atoms with van der Waals surface area (Å²) in [6.45, 7) is 0. The third kappa shape index (κ3) is 2.52. The van der Waals surface area contributed by atoms with Gasteiger partial charge in [0.25, 0.3) is 0 Å². The zero-order valence-electron chi connectivity index (χ0n) is 8.25. The second-order valence-corrected chi connectivity index (χ2v) is 5.85. The molecule has 17 heavy (non-hydrogen) atoms. The summed E-state index contributed by atoms with van der Waals surface area (Å²) in [6, 6.07) is 5.00. The largest absolute Gasteiger partial charge is 0.383 e. The molecular weight excluding hydrogens is 334 g/mol. The summed E-state index contributed by atoms with van der Waals surface area (Å²) in [6.07, 6.45) is -1.36. The molecule has 0 amide bonds. The Morgan fingerprint density at radius 1 is 1.29 bits per heavy atom. The standard InChI is InChI=1S/C11H6BrClF2OS/c12-5-4-8(17-11(5)13)10(16)9-6(14)2-1-3-7(9)15/h1-4,10,16H. The normalized spacial score (nSPS) is 12.8. The van der Waals surface area contributed by atoms with Gasteiger partial charge in [0.1, 0.15) is 22.1 Å². The minimum Gasteiger partial charge on any atom is -0.383 e. The lowest BCUT2D eigenvalue weighted by molar-refractivity contribution is 0.212. The molecule has 0 bridgehead atoms. The van der Waals surface area contributed by atoms with Gasteiger partial charge in [-0.3, -0.25) is 0 Å². The fourth-order valence-electron chi connectivity index (χ4n) is 1.41. The Labute approximate surface area is 114 Å². The maximum atomic E-state index is 13.5. The van der Waals surface area contributed by atoms with Crippen LogP contribution in [0.15, 0.2) is 28.7 Å². The second kappa shape index (κ2) is 5.02. The zero-order valence-corrected chi connectivity index (χ0v) is 11.4. The van der Waals surface area contributed by atoms with E-state index in [2.05, 4.69) is 15.9 Å². The topological polar surface area (TPSA) is 20.2 Å². The van der Waals surface area contributed by atoms with E-state index in [0.717, 1.165) is 23.5 Å². The molecule has 1 heterocycles. The van der Waals surface area contributed by atoms with Crippen molar-refractivity contribution < 1.29 is 13.9 Å². The number of hydrogen-bond acceptors (Lipinski definition) is 2. The lowest BCUT2D eigenvalue weighted by Gasteiger charge is -2.10. The Morgan fingerprint density at radius 3 is 2.35 bits per heavy atom. The molecule has 0 radical (unpaired) electrons. The number of halogens is 4. The number of rotatable bonds is 2. The van der Waals surface area contributed by atoms with Crippen LogP contribution in [0.1, 0.15) is 16.5 Å². The molecule has 0 saturated carbocycles. The second-order valence-electron chi connectivity index (χ2n) is 3.31. The van der Waals surface area contributed by atoms with Crippen LogP contribution in [0.25, 0.3) is 0 Å². The van der Waals surface area contributed by atoms with Gasteiger partial charge in [-0.05, 0) is 34.1 Å². The molecule has 0 spiro atoms. The van der Waals surface area contributed by atoms with Crippen molar-refractivity contribution in [2.45, 2.75) is 6.10 Å². The van der Waals surface area contributed by atoms with E-state index in [-0.39, 0.29) is 5.56 Å². The van der Waals surface area contributed by atoms with Gasteiger partial charge < -0.3 is 5.11 Å². The van der Waals surface area contributed by atoms with Gasteiger partial charge in [-0.15, -0.1) is 11.3 Å². The van der Waals surface area contributed by atoms with Crippen LogP contribution in [-0.4, -0.2) is 5.11 Å². The van der Waals surface area contributed by atoms with Crippen LogP contribution in [0.3, 0.4) is 0 Å². The molecule has 1 aromatic heterocycles. The first-order valence-corrected chi connectivity index (χ1v) is 6.56. The van der Waals surface area contributed by atoms with Crippen LogP contribution in [-0.2, 0) is 0 Å². The number of hydrogen-bond donors (Lipinski definition) is 1. The highest BCUT2D eigenvalue weighted by atomic mass is 79.9. The number of benzene rings is 1. The Balaban J connectivity index is 2.47. The molecule has 1 N–H and O–H groups in total. The molecule has 90 valence electrons. The molecule has 0 aliphatic carbocycles. The predicted octanol–water partition coefficient (Wildman–Crippen LogP) is 4.52. The SMILES string of the molecule is OC(c1cc(Br)c(Cl)s1)c1c(F)cccc1F. The van der Waals surface area contributed by atoms with Crippen molar-refractivity contribution in [1.82, 2.24) is 0 Å². The average Bonchev–Trinajstić information content (AvgIpc) is 2.59. The minimum absolute atomic E-state index is 0.363. The van der Waals surface area contributed by atoms with Crippen LogP contribution in [0, 0.1) is 11.6 Å². The first-order chi connectivity index (χ1) is 8.00. The molecule has 0 saturated heterocycles. The molecule has 1 nitrogen and oxygen atoms in total. The highest BCUT2D eigenvalue weighted by Crippen LogP contribution is 2.38. The maximum absolute atomic E-state index is 13.5. The van der Waals surface area contributed by atoms with Crippen LogP contribution in [0.5, 0.6) is 0 Å². The Hall–Kier alpha value is -0.490. The van der Waals surface area contributed by atoms with Crippen LogP contribution in [0.4, 0.5) is 8.78 Å². The van der Waals surface area contributed by atoms with E-state index in [9.17, 15) is 13.9 Å². The van der Waals surface area contributed by atoms with E-state index in [4.69, 9.17) is 11.6 Å². The molecular formula is C11H6BrClF2OS. The van der Waals surface area contributed by atoms with Gasteiger partial charge in [0.15, 0.2) is 0 Å². The van der Waals surface area contributed by atoms with Crippen molar-refractivity contribution in [2.24, 2.45) is 0 Å². The van der Waals surface area contributed by atoms with Gasteiger partial charge in [0.05, 0.1) is 5.56 Å². The minimum atomic E-state index is -1.36. The molecule has 0 aliphatic rings. The van der Waals surface area contributed by atoms with Gasteiger partial charge >= 0.3 is 0 Å². The number of aliphatic hydroxyl groups excluding tert-OH is 1. The Kier molecular flexibility index (Phi) is 3.82. The Morgan fingerprint density at radius 2 is 1.88 bits per heavy atom. The zero-order chi connectivity index (χ0) is 12.6.